The van der Waals surface area contributed by atoms with E-state index < -0.39 is 0 Å². The Balaban J connectivity index is 1.26. The highest BCUT2D eigenvalue weighted by Gasteiger charge is 2.22. The number of aromatic nitrogens is 5. The van der Waals surface area contributed by atoms with Crippen molar-refractivity contribution >= 4 is 28.5 Å². The number of rotatable bonds is 3. The van der Waals surface area contributed by atoms with Crippen molar-refractivity contribution in [2.24, 2.45) is 0 Å². The molecule has 0 bridgehead atoms. The number of nitrogens with one attached hydrogen (secondary N) is 1. The van der Waals surface area contributed by atoms with Gasteiger partial charge in [-0.15, -0.1) is 10.2 Å². The molecule has 0 spiro atoms. The van der Waals surface area contributed by atoms with E-state index in [1.54, 1.807) is 6.33 Å². The molecule has 3 aromatic rings. The minimum atomic E-state index is 0.903. The first kappa shape index (κ1) is 17.2. The van der Waals surface area contributed by atoms with Gasteiger partial charge in [0, 0.05) is 45.0 Å². The summed E-state index contributed by atoms with van der Waals surface area (Å²) in [5.41, 5.74) is 3.11. The molecule has 2 fully saturated rings. The molecule has 0 radical (unpaired) electrons. The van der Waals surface area contributed by atoms with E-state index in [0.29, 0.717) is 0 Å². The second-order valence-corrected chi connectivity index (χ2v) is 7.68. The summed E-state index contributed by atoms with van der Waals surface area (Å²) < 4.78 is 0. The molecule has 3 aromatic heterocycles. The smallest absolute Gasteiger partial charge is 0.156 e. The summed E-state index contributed by atoms with van der Waals surface area (Å²) in [6.07, 6.45) is 5.49. The van der Waals surface area contributed by atoms with E-state index in [0.717, 1.165) is 73.4 Å². The highest BCUT2D eigenvalue weighted by Crippen LogP contribution is 2.25. The summed E-state index contributed by atoms with van der Waals surface area (Å²) in [5, 5.41) is 9.01. The summed E-state index contributed by atoms with van der Waals surface area (Å²) in [6, 6.07) is 6.30. The Morgan fingerprint density at radius 1 is 0.786 bits per heavy atom. The van der Waals surface area contributed by atoms with Crippen molar-refractivity contribution in [2.75, 3.05) is 54.0 Å². The van der Waals surface area contributed by atoms with Crippen molar-refractivity contribution in [3.8, 4) is 0 Å². The van der Waals surface area contributed by atoms with Crippen LogP contribution < -0.4 is 14.7 Å². The number of anilines is 3. The largest absolute Gasteiger partial charge is 0.355 e. The van der Waals surface area contributed by atoms with Gasteiger partial charge in [-0.2, -0.15) is 0 Å². The normalized spacial score (nSPS) is 18.1. The van der Waals surface area contributed by atoms with E-state index in [-0.39, 0.29) is 0 Å². The van der Waals surface area contributed by atoms with Gasteiger partial charge in [-0.3, -0.25) is 0 Å². The number of fused-ring (bicyclic) bond motifs is 1. The molecule has 2 aliphatic heterocycles. The van der Waals surface area contributed by atoms with Gasteiger partial charge in [0.2, 0.25) is 0 Å². The Hall–Kier alpha value is -2.90. The SMILES string of the molecule is Cc1cc2ncnc(N3CCN(c4ccc(N5CCCCC5)nn4)CC3)c2[nH]1. The third-order valence-electron chi connectivity index (χ3n) is 5.75. The second-order valence-electron chi connectivity index (χ2n) is 7.68. The molecule has 0 unspecified atom stereocenters. The zero-order valence-electron chi connectivity index (χ0n) is 16.3. The van der Waals surface area contributed by atoms with Crippen LogP contribution in [0.5, 0.6) is 0 Å². The van der Waals surface area contributed by atoms with Gasteiger partial charge in [-0.05, 0) is 44.4 Å². The number of aromatic amines is 1. The molecular weight excluding hydrogens is 352 g/mol. The van der Waals surface area contributed by atoms with Gasteiger partial charge in [-0.1, -0.05) is 0 Å². The Morgan fingerprint density at radius 2 is 1.43 bits per heavy atom. The number of H-pyrrole nitrogens is 1. The van der Waals surface area contributed by atoms with Crippen molar-refractivity contribution in [1.29, 1.82) is 0 Å². The monoisotopic (exact) mass is 378 g/mol. The first-order chi connectivity index (χ1) is 13.8. The molecule has 28 heavy (non-hydrogen) atoms. The van der Waals surface area contributed by atoms with Crippen LogP contribution >= 0.6 is 0 Å². The molecule has 2 saturated heterocycles. The van der Waals surface area contributed by atoms with Crippen LogP contribution in [0.1, 0.15) is 25.0 Å². The molecular formula is C20H26N8. The topological polar surface area (TPSA) is 77.1 Å². The number of piperidine rings is 1. The third-order valence-corrected chi connectivity index (χ3v) is 5.75. The lowest BCUT2D eigenvalue weighted by Gasteiger charge is -2.36. The highest BCUT2D eigenvalue weighted by molar-refractivity contribution is 5.86. The molecule has 8 heteroatoms. The van der Waals surface area contributed by atoms with Crippen LogP contribution in [0.4, 0.5) is 17.5 Å². The average Bonchev–Trinajstić information content (AvgIpc) is 3.15. The number of piperazine rings is 1. The van der Waals surface area contributed by atoms with Gasteiger partial charge in [-0.25, -0.2) is 9.97 Å². The predicted molar refractivity (Wildman–Crippen MR) is 111 cm³/mol. The number of hydrogen-bond donors (Lipinski definition) is 1. The molecule has 5 rings (SSSR count). The van der Waals surface area contributed by atoms with Gasteiger partial charge in [0.25, 0.3) is 0 Å². The van der Waals surface area contributed by atoms with E-state index in [1.807, 2.05) is 0 Å². The predicted octanol–water partition coefficient (Wildman–Crippen LogP) is 2.37. The molecule has 0 saturated carbocycles. The fourth-order valence-corrected chi connectivity index (χ4v) is 4.22. The van der Waals surface area contributed by atoms with E-state index >= 15 is 0 Å². The van der Waals surface area contributed by atoms with Crippen molar-refractivity contribution in [3.63, 3.8) is 0 Å². The maximum absolute atomic E-state index is 4.54. The quantitative estimate of drug-likeness (QED) is 0.750. The Labute approximate surface area is 164 Å². The first-order valence-corrected chi connectivity index (χ1v) is 10.2. The Kier molecular flexibility index (Phi) is 4.46. The Bertz CT molecular complexity index is 936. The lowest BCUT2D eigenvalue weighted by molar-refractivity contribution is 0.570. The lowest BCUT2D eigenvalue weighted by Crippen LogP contribution is -2.47. The van der Waals surface area contributed by atoms with Gasteiger partial charge in [0.05, 0.1) is 5.52 Å². The molecule has 0 aromatic carbocycles. The van der Waals surface area contributed by atoms with E-state index in [1.165, 1.54) is 19.3 Å². The van der Waals surface area contributed by atoms with E-state index in [2.05, 4.69) is 65.0 Å². The molecule has 5 heterocycles. The zero-order valence-corrected chi connectivity index (χ0v) is 16.3. The first-order valence-electron chi connectivity index (χ1n) is 10.2. The number of aryl methyl sites for hydroxylation is 1. The highest BCUT2D eigenvalue weighted by atomic mass is 15.4. The van der Waals surface area contributed by atoms with Crippen molar-refractivity contribution in [2.45, 2.75) is 26.2 Å². The lowest BCUT2D eigenvalue weighted by atomic mass is 10.1. The van der Waals surface area contributed by atoms with Crippen LogP contribution in [0.3, 0.4) is 0 Å². The van der Waals surface area contributed by atoms with E-state index in [4.69, 9.17) is 0 Å². The molecule has 2 aliphatic rings. The summed E-state index contributed by atoms with van der Waals surface area (Å²) in [5.74, 6) is 2.96. The van der Waals surface area contributed by atoms with Crippen molar-refractivity contribution in [1.82, 2.24) is 25.1 Å². The van der Waals surface area contributed by atoms with Gasteiger partial charge >= 0.3 is 0 Å². The van der Waals surface area contributed by atoms with Gasteiger partial charge in [0.15, 0.2) is 17.5 Å². The summed E-state index contributed by atoms with van der Waals surface area (Å²) in [4.78, 5) is 19.3. The fourth-order valence-electron chi connectivity index (χ4n) is 4.22. The minimum Gasteiger partial charge on any atom is -0.355 e. The molecule has 0 amide bonds. The molecule has 8 nitrogen and oxygen atoms in total. The van der Waals surface area contributed by atoms with E-state index in [9.17, 15) is 0 Å². The fraction of sp³-hybridized carbons (Fsp3) is 0.500. The summed E-state index contributed by atoms with van der Waals surface area (Å²) in [7, 11) is 0. The second kappa shape index (κ2) is 7.26. The molecule has 1 N–H and O–H groups in total. The average molecular weight is 378 g/mol. The van der Waals surface area contributed by atoms with Crippen LogP contribution in [0, 0.1) is 6.92 Å². The third kappa shape index (κ3) is 3.23. The maximum Gasteiger partial charge on any atom is 0.156 e. The van der Waals surface area contributed by atoms with Crippen LogP contribution in [-0.4, -0.2) is 64.4 Å². The minimum absolute atomic E-state index is 0.903. The standard InChI is InChI=1S/C20H26N8/c1-15-13-16-19(23-15)20(22-14-21-16)28-11-9-27(10-12-28)18-6-5-17(24-25-18)26-7-3-2-4-8-26/h5-6,13-14,23H,2-4,7-12H2,1H3. The summed E-state index contributed by atoms with van der Waals surface area (Å²) in [6.45, 7) is 7.86. The van der Waals surface area contributed by atoms with Gasteiger partial charge < -0.3 is 19.7 Å². The molecule has 146 valence electrons. The van der Waals surface area contributed by atoms with Crippen molar-refractivity contribution in [3.05, 3.63) is 30.2 Å². The molecule has 0 atom stereocenters. The van der Waals surface area contributed by atoms with Crippen LogP contribution in [-0.2, 0) is 0 Å². The number of hydrogen-bond acceptors (Lipinski definition) is 7. The van der Waals surface area contributed by atoms with Crippen molar-refractivity contribution < 1.29 is 0 Å². The van der Waals surface area contributed by atoms with Crippen LogP contribution in [0.15, 0.2) is 24.5 Å². The Morgan fingerprint density at radius 3 is 2.11 bits per heavy atom. The van der Waals surface area contributed by atoms with Crippen LogP contribution in [0.25, 0.3) is 11.0 Å². The maximum atomic E-state index is 4.54. The van der Waals surface area contributed by atoms with Gasteiger partial charge in [0.1, 0.15) is 11.8 Å². The number of nitrogens with zero attached hydrogens (tertiary/aromatic N) is 7. The van der Waals surface area contributed by atoms with Crippen LogP contribution in [0.2, 0.25) is 0 Å². The zero-order chi connectivity index (χ0) is 18.9. The summed E-state index contributed by atoms with van der Waals surface area (Å²) >= 11 is 0. The molecule has 0 aliphatic carbocycles.